The van der Waals surface area contributed by atoms with E-state index in [4.69, 9.17) is 5.73 Å². The second kappa shape index (κ2) is 2.69. The van der Waals surface area contributed by atoms with Crippen LogP contribution in [0.1, 0.15) is 11.3 Å². The summed E-state index contributed by atoms with van der Waals surface area (Å²) in [5.74, 6) is 0. The number of aryl methyl sites for hydroxylation is 2. The summed E-state index contributed by atoms with van der Waals surface area (Å²) in [7, 11) is 0. The summed E-state index contributed by atoms with van der Waals surface area (Å²) in [6.45, 7) is 3.92. The van der Waals surface area contributed by atoms with E-state index in [2.05, 4.69) is 9.97 Å². The monoisotopic (exact) mass is 173 g/mol. The van der Waals surface area contributed by atoms with E-state index in [0.29, 0.717) is 0 Å². The van der Waals surface area contributed by atoms with Crippen LogP contribution in [0.25, 0.3) is 10.9 Å². The van der Waals surface area contributed by atoms with Gasteiger partial charge in [0.15, 0.2) is 0 Å². The van der Waals surface area contributed by atoms with E-state index in [0.717, 1.165) is 27.8 Å². The first kappa shape index (κ1) is 7.98. The van der Waals surface area contributed by atoms with Crippen molar-refractivity contribution in [2.75, 3.05) is 5.73 Å². The second-order valence-corrected chi connectivity index (χ2v) is 3.13. The molecule has 0 fully saturated rings. The fourth-order valence-electron chi connectivity index (χ4n) is 1.45. The number of fused-ring (bicyclic) bond motifs is 1. The highest BCUT2D eigenvalue weighted by molar-refractivity contribution is 5.85. The number of nitrogens with zero attached hydrogens (tertiary/aromatic N) is 2. The minimum Gasteiger partial charge on any atom is -0.397 e. The van der Waals surface area contributed by atoms with Gasteiger partial charge in [-0.25, -0.2) is 4.98 Å². The molecule has 0 aliphatic carbocycles. The van der Waals surface area contributed by atoms with Gasteiger partial charge in [0.1, 0.15) is 0 Å². The average molecular weight is 173 g/mol. The average Bonchev–Trinajstić information content (AvgIpc) is 2.15. The number of pyridine rings is 2. The molecule has 0 bridgehead atoms. The van der Waals surface area contributed by atoms with Crippen LogP contribution in [0.3, 0.4) is 0 Å². The van der Waals surface area contributed by atoms with E-state index >= 15 is 0 Å². The van der Waals surface area contributed by atoms with Gasteiger partial charge in [0.25, 0.3) is 0 Å². The molecule has 0 aromatic carbocycles. The van der Waals surface area contributed by atoms with Crippen molar-refractivity contribution in [2.45, 2.75) is 13.8 Å². The molecule has 0 aliphatic heterocycles. The number of anilines is 1. The predicted octanol–water partition coefficient (Wildman–Crippen LogP) is 1.83. The van der Waals surface area contributed by atoms with Gasteiger partial charge in [0, 0.05) is 11.6 Å². The van der Waals surface area contributed by atoms with E-state index in [1.54, 1.807) is 12.4 Å². The lowest BCUT2D eigenvalue weighted by atomic mass is 10.1. The molecule has 0 amide bonds. The van der Waals surface area contributed by atoms with Crippen molar-refractivity contribution >= 4 is 16.6 Å². The van der Waals surface area contributed by atoms with Gasteiger partial charge in [-0.15, -0.1) is 0 Å². The van der Waals surface area contributed by atoms with Gasteiger partial charge >= 0.3 is 0 Å². The van der Waals surface area contributed by atoms with Crippen LogP contribution in [0.15, 0.2) is 18.5 Å². The van der Waals surface area contributed by atoms with Crippen LogP contribution >= 0.6 is 0 Å². The molecule has 13 heavy (non-hydrogen) atoms. The molecule has 0 unspecified atom stereocenters. The summed E-state index contributed by atoms with van der Waals surface area (Å²) < 4.78 is 0. The maximum absolute atomic E-state index is 5.87. The third-order valence-electron chi connectivity index (χ3n) is 2.29. The number of aromatic nitrogens is 2. The third-order valence-corrected chi connectivity index (χ3v) is 2.29. The Bertz CT molecular complexity index is 463. The van der Waals surface area contributed by atoms with Crippen LogP contribution in [-0.4, -0.2) is 9.97 Å². The fraction of sp³-hybridized carbons (Fsp3) is 0.200. The summed E-state index contributed by atoms with van der Waals surface area (Å²) >= 11 is 0. The van der Waals surface area contributed by atoms with Crippen LogP contribution in [0.5, 0.6) is 0 Å². The molecule has 2 rings (SSSR count). The van der Waals surface area contributed by atoms with Gasteiger partial charge in [-0.3, -0.25) is 4.98 Å². The Morgan fingerprint density at radius 2 is 2.08 bits per heavy atom. The smallest absolute Gasteiger partial charge is 0.0892 e. The van der Waals surface area contributed by atoms with Gasteiger partial charge in [0.2, 0.25) is 0 Å². The molecule has 3 nitrogen and oxygen atoms in total. The van der Waals surface area contributed by atoms with Crippen molar-refractivity contribution < 1.29 is 0 Å². The summed E-state index contributed by atoms with van der Waals surface area (Å²) in [4.78, 5) is 8.37. The van der Waals surface area contributed by atoms with Gasteiger partial charge in [-0.1, -0.05) is 0 Å². The minimum atomic E-state index is 0.777. The van der Waals surface area contributed by atoms with Crippen molar-refractivity contribution in [2.24, 2.45) is 0 Å². The Balaban J connectivity index is 2.94. The molecule has 0 spiro atoms. The number of hydrogen-bond donors (Lipinski definition) is 1. The molecule has 2 heterocycles. The Hall–Kier alpha value is -1.64. The van der Waals surface area contributed by atoms with Crippen LogP contribution in [0, 0.1) is 13.8 Å². The summed E-state index contributed by atoms with van der Waals surface area (Å²) in [6.07, 6.45) is 3.51. The van der Waals surface area contributed by atoms with Crippen LogP contribution < -0.4 is 5.73 Å². The Kier molecular flexibility index (Phi) is 1.65. The Morgan fingerprint density at radius 1 is 1.31 bits per heavy atom. The van der Waals surface area contributed by atoms with Crippen LogP contribution in [0.4, 0.5) is 5.69 Å². The first-order valence-electron chi connectivity index (χ1n) is 4.16. The highest BCUT2D eigenvalue weighted by Crippen LogP contribution is 2.22. The molecule has 0 saturated heterocycles. The van der Waals surface area contributed by atoms with E-state index in [-0.39, 0.29) is 0 Å². The zero-order valence-electron chi connectivity index (χ0n) is 7.70. The Morgan fingerprint density at radius 3 is 2.85 bits per heavy atom. The SMILES string of the molecule is Cc1nc2cnccc2c(C)c1N. The molecule has 0 aliphatic rings. The summed E-state index contributed by atoms with van der Waals surface area (Å²) in [5.41, 5.74) is 9.51. The topological polar surface area (TPSA) is 51.8 Å². The zero-order valence-corrected chi connectivity index (χ0v) is 7.70. The normalized spacial score (nSPS) is 10.6. The highest BCUT2D eigenvalue weighted by atomic mass is 14.8. The van der Waals surface area contributed by atoms with E-state index in [9.17, 15) is 0 Å². The molecule has 2 N–H and O–H groups in total. The van der Waals surface area contributed by atoms with Crippen molar-refractivity contribution in [3.63, 3.8) is 0 Å². The van der Waals surface area contributed by atoms with Crippen molar-refractivity contribution in [3.05, 3.63) is 29.7 Å². The minimum absolute atomic E-state index is 0.777. The molecular weight excluding hydrogens is 162 g/mol. The van der Waals surface area contributed by atoms with Gasteiger partial charge < -0.3 is 5.73 Å². The van der Waals surface area contributed by atoms with Crippen LogP contribution in [-0.2, 0) is 0 Å². The van der Waals surface area contributed by atoms with Crippen molar-refractivity contribution in [3.8, 4) is 0 Å². The number of rotatable bonds is 0. The van der Waals surface area contributed by atoms with E-state index < -0.39 is 0 Å². The molecule has 0 radical (unpaired) electrons. The standard InChI is InChI=1S/C10H11N3/c1-6-8-3-4-12-5-9(8)13-7(2)10(6)11/h3-5H,11H2,1-2H3. The lowest BCUT2D eigenvalue weighted by Gasteiger charge is -2.06. The molecular formula is C10H11N3. The third kappa shape index (κ3) is 1.13. The predicted molar refractivity (Wildman–Crippen MR) is 53.4 cm³/mol. The van der Waals surface area contributed by atoms with Crippen LogP contribution in [0.2, 0.25) is 0 Å². The largest absolute Gasteiger partial charge is 0.397 e. The second-order valence-electron chi connectivity index (χ2n) is 3.13. The molecule has 3 heteroatoms. The van der Waals surface area contributed by atoms with Crippen molar-refractivity contribution in [1.29, 1.82) is 0 Å². The first-order valence-corrected chi connectivity index (χ1v) is 4.16. The van der Waals surface area contributed by atoms with Gasteiger partial charge in [0.05, 0.1) is 23.1 Å². The molecule has 66 valence electrons. The van der Waals surface area contributed by atoms with Gasteiger partial charge in [-0.2, -0.15) is 0 Å². The van der Waals surface area contributed by atoms with E-state index in [1.165, 1.54) is 0 Å². The molecule has 2 aromatic heterocycles. The number of nitrogens with two attached hydrogens (primary N) is 1. The van der Waals surface area contributed by atoms with E-state index in [1.807, 2.05) is 19.9 Å². The fourth-order valence-corrected chi connectivity index (χ4v) is 1.45. The van der Waals surface area contributed by atoms with Gasteiger partial charge in [-0.05, 0) is 25.5 Å². The summed E-state index contributed by atoms with van der Waals surface area (Å²) in [6, 6.07) is 1.94. The quantitative estimate of drug-likeness (QED) is 0.661. The zero-order chi connectivity index (χ0) is 9.42. The maximum atomic E-state index is 5.87. The number of hydrogen-bond acceptors (Lipinski definition) is 3. The summed E-state index contributed by atoms with van der Waals surface area (Å²) in [5, 5.41) is 1.08. The molecule has 0 saturated carbocycles. The first-order chi connectivity index (χ1) is 6.20. The lowest BCUT2D eigenvalue weighted by Crippen LogP contribution is -1.97. The highest BCUT2D eigenvalue weighted by Gasteiger charge is 2.04. The van der Waals surface area contributed by atoms with Crippen molar-refractivity contribution in [1.82, 2.24) is 9.97 Å². The lowest BCUT2D eigenvalue weighted by molar-refractivity contribution is 1.22. The maximum Gasteiger partial charge on any atom is 0.0892 e. The number of nitrogen functional groups attached to an aromatic ring is 1. The molecule has 0 atom stereocenters. The Labute approximate surface area is 76.6 Å². The molecule has 2 aromatic rings.